The number of nitrogens with zero attached hydrogens (tertiary/aromatic N) is 1. The Morgan fingerprint density at radius 3 is 2.44 bits per heavy atom. The lowest BCUT2D eigenvalue weighted by molar-refractivity contribution is -0.140. The molecule has 1 N–H and O–H groups in total. The second-order valence-corrected chi connectivity index (χ2v) is 7.13. The number of methoxy groups -OCH3 is 1. The summed E-state index contributed by atoms with van der Waals surface area (Å²) >= 11 is 0. The number of aliphatic carboxylic acids is 1. The highest BCUT2D eigenvalue weighted by Crippen LogP contribution is 2.32. The molecule has 0 bridgehead atoms. The number of sulfonamides is 1. The Kier molecular flexibility index (Phi) is 3.93. The van der Waals surface area contributed by atoms with Gasteiger partial charge in [0.25, 0.3) is 0 Å². The topological polar surface area (TPSA) is 83.9 Å². The summed E-state index contributed by atoms with van der Waals surface area (Å²) < 4.78 is 31.1. The van der Waals surface area contributed by atoms with Crippen molar-refractivity contribution in [3.63, 3.8) is 0 Å². The third-order valence-corrected chi connectivity index (χ3v) is 6.26. The van der Waals surface area contributed by atoms with Crippen LogP contribution >= 0.6 is 0 Å². The van der Waals surface area contributed by atoms with Crippen molar-refractivity contribution in [2.75, 3.05) is 13.7 Å². The molecular weight excluding hydrogens is 258 g/mol. The molecule has 0 amide bonds. The lowest BCUT2D eigenvalue weighted by Gasteiger charge is -2.24. The molecule has 2 unspecified atom stereocenters. The fourth-order valence-electron chi connectivity index (χ4n) is 2.82. The summed E-state index contributed by atoms with van der Waals surface area (Å²) in [7, 11) is -2.02. The Labute approximate surface area is 107 Å². The monoisotopic (exact) mass is 277 g/mol. The Morgan fingerprint density at radius 1 is 1.33 bits per heavy atom. The molecule has 1 heterocycles. The van der Waals surface area contributed by atoms with Crippen molar-refractivity contribution in [2.24, 2.45) is 0 Å². The molecule has 0 aromatic carbocycles. The zero-order valence-electron chi connectivity index (χ0n) is 10.4. The summed E-state index contributed by atoms with van der Waals surface area (Å²) in [6.07, 6.45) is 3.01. The fraction of sp³-hybridized carbons (Fsp3) is 0.909. The van der Waals surface area contributed by atoms with Crippen molar-refractivity contribution < 1.29 is 23.1 Å². The third-order valence-electron chi connectivity index (χ3n) is 3.89. The van der Waals surface area contributed by atoms with E-state index in [1.807, 2.05) is 0 Å². The Hall–Kier alpha value is -0.660. The third kappa shape index (κ3) is 2.39. The van der Waals surface area contributed by atoms with E-state index in [0.717, 1.165) is 17.1 Å². The molecular formula is C11H19NO5S. The molecule has 1 aliphatic heterocycles. The molecule has 2 aliphatic rings. The normalized spacial score (nSPS) is 30.9. The van der Waals surface area contributed by atoms with Crippen LogP contribution in [0.25, 0.3) is 0 Å². The summed E-state index contributed by atoms with van der Waals surface area (Å²) in [5.41, 5.74) is 0. The van der Waals surface area contributed by atoms with Gasteiger partial charge in [0.15, 0.2) is 0 Å². The van der Waals surface area contributed by atoms with Crippen LogP contribution in [0.5, 0.6) is 0 Å². The van der Waals surface area contributed by atoms with E-state index in [4.69, 9.17) is 9.84 Å². The van der Waals surface area contributed by atoms with Gasteiger partial charge in [-0.3, -0.25) is 4.79 Å². The van der Waals surface area contributed by atoms with Gasteiger partial charge in [-0.15, -0.1) is 0 Å². The van der Waals surface area contributed by atoms with Crippen LogP contribution in [0.15, 0.2) is 0 Å². The van der Waals surface area contributed by atoms with Crippen molar-refractivity contribution in [3.8, 4) is 0 Å². The number of carboxylic acids is 1. The molecule has 1 aliphatic carbocycles. The molecule has 1 saturated carbocycles. The van der Waals surface area contributed by atoms with Crippen LogP contribution in [0.2, 0.25) is 0 Å². The summed E-state index contributed by atoms with van der Waals surface area (Å²) in [6, 6.07) is -0.972. The van der Waals surface area contributed by atoms with Gasteiger partial charge in [0.1, 0.15) is 6.04 Å². The van der Waals surface area contributed by atoms with Crippen molar-refractivity contribution >= 4 is 16.0 Å². The largest absolute Gasteiger partial charge is 0.480 e. The van der Waals surface area contributed by atoms with Gasteiger partial charge in [0.05, 0.1) is 11.4 Å². The first-order chi connectivity index (χ1) is 8.46. The maximum absolute atomic E-state index is 12.4. The van der Waals surface area contributed by atoms with E-state index >= 15 is 0 Å². The van der Waals surface area contributed by atoms with Gasteiger partial charge in [-0.2, -0.15) is 4.31 Å². The minimum Gasteiger partial charge on any atom is -0.480 e. The molecule has 6 nitrogen and oxygen atoms in total. The Balaban J connectivity index is 2.21. The van der Waals surface area contributed by atoms with Crippen LogP contribution in [-0.2, 0) is 19.6 Å². The molecule has 0 spiro atoms. The summed E-state index contributed by atoms with van der Waals surface area (Å²) in [5, 5.41) is 8.73. The van der Waals surface area contributed by atoms with Crippen LogP contribution in [0.3, 0.4) is 0 Å². The van der Waals surface area contributed by atoms with Gasteiger partial charge >= 0.3 is 5.97 Å². The minimum absolute atomic E-state index is 0.159. The second-order valence-electron chi connectivity index (χ2n) is 4.97. The first kappa shape index (κ1) is 13.8. The Morgan fingerprint density at radius 2 is 1.94 bits per heavy atom. The number of hydrogen-bond donors (Lipinski definition) is 1. The molecule has 18 heavy (non-hydrogen) atoms. The van der Waals surface area contributed by atoms with E-state index in [2.05, 4.69) is 0 Å². The van der Waals surface area contributed by atoms with E-state index in [1.54, 1.807) is 0 Å². The first-order valence-electron chi connectivity index (χ1n) is 6.23. The average Bonchev–Trinajstić information content (AvgIpc) is 2.98. The fourth-order valence-corrected chi connectivity index (χ4v) is 5.04. The molecule has 104 valence electrons. The highest BCUT2D eigenvalue weighted by molar-refractivity contribution is 7.89. The average molecular weight is 277 g/mol. The number of hydrogen-bond acceptors (Lipinski definition) is 4. The zero-order chi connectivity index (χ0) is 13.3. The van der Waals surface area contributed by atoms with Crippen LogP contribution in [-0.4, -0.2) is 54.8 Å². The molecule has 1 saturated heterocycles. The zero-order valence-corrected chi connectivity index (χ0v) is 11.2. The van der Waals surface area contributed by atoms with Gasteiger partial charge in [-0.05, 0) is 12.8 Å². The van der Waals surface area contributed by atoms with Gasteiger partial charge in [-0.25, -0.2) is 8.42 Å². The van der Waals surface area contributed by atoms with Crippen molar-refractivity contribution in [2.45, 2.75) is 49.5 Å². The van der Waals surface area contributed by atoms with Gasteiger partial charge in [0.2, 0.25) is 10.0 Å². The van der Waals surface area contributed by atoms with Gasteiger partial charge in [-0.1, -0.05) is 12.8 Å². The molecule has 2 fully saturated rings. The van der Waals surface area contributed by atoms with Gasteiger partial charge < -0.3 is 9.84 Å². The number of ether oxygens (including phenoxy) is 1. The standard InChI is InChI=1S/C11H19NO5S/c1-17-8-6-10(11(13)14)12(7-8)18(15,16)9-4-2-3-5-9/h8-10H,2-7H2,1H3,(H,13,14). The Bertz CT molecular complexity index is 415. The molecule has 0 aromatic rings. The predicted octanol–water partition coefficient (Wildman–Crippen LogP) is 0.433. The van der Waals surface area contributed by atoms with Crippen molar-refractivity contribution in [1.29, 1.82) is 0 Å². The van der Waals surface area contributed by atoms with Crippen LogP contribution in [0, 0.1) is 0 Å². The van der Waals surface area contributed by atoms with Crippen LogP contribution in [0.1, 0.15) is 32.1 Å². The van der Waals surface area contributed by atoms with Crippen LogP contribution < -0.4 is 0 Å². The van der Waals surface area contributed by atoms with Crippen molar-refractivity contribution in [1.82, 2.24) is 4.31 Å². The molecule has 2 atom stereocenters. The molecule has 2 rings (SSSR count). The van der Waals surface area contributed by atoms with E-state index in [1.165, 1.54) is 7.11 Å². The number of carbonyl (C=O) groups is 1. The van der Waals surface area contributed by atoms with E-state index in [0.29, 0.717) is 12.8 Å². The predicted molar refractivity (Wildman–Crippen MR) is 64.7 cm³/mol. The summed E-state index contributed by atoms with van der Waals surface area (Å²) in [6.45, 7) is 0.159. The lowest BCUT2D eigenvalue weighted by Crippen LogP contribution is -2.44. The SMILES string of the molecule is COC1CC(C(=O)O)N(S(=O)(=O)C2CCCC2)C1. The second kappa shape index (κ2) is 5.14. The minimum atomic E-state index is -3.50. The molecule has 0 radical (unpaired) electrons. The maximum atomic E-state index is 12.4. The highest BCUT2D eigenvalue weighted by atomic mass is 32.2. The highest BCUT2D eigenvalue weighted by Gasteiger charge is 2.46. The molecule has 7 heteroatoms. The van der Waals surface area contributed by atoms with Gasteiger partial charge in [0, 0.05) is 20.1 Å². The summed E-state index contributed by atoms with van der Waals surface area (Å²) in [4.78, 5) is 11.2. The quantitative estimate of drug-likeness (QED) is 0.805. The van der Waals surface area contributed by atoms with E-state index < -0.39 is 27.3 Å². The first-order valence-corrected chi connectivity index (χ1v) is 7.73. The molecule has 0 aromatic heterocycles. The summed E-state index contributed by atoms with van der Waals surface area (Å²) in [5.74, 6) is -1.09. The van der Waals surface area contributed by atoms with Crippen molar-refractivity contribution in [3.05, 3.63) is 0 Å². The maximum Gasteiger partial charge on any atom is 0.322 e. The van der Waals surface area contributed by atoms with E-state index in [-0.39, 0.29) is 19.1 Å². The van der Waals surface area contributed by atoms with E-state index in [9.17, 15) is 13.2 Å². The number of rotatable bonds is 4. The van der Waals surface area contributed by atoms with Crippen LogP contribution in [0.4, 0.5) is 0 Å². The lowest BCUT2D eigenvalue weighted by atomic mass is 10.2. The number of carboxylic acid groups (broad SMARTS) is 1. The smallest absolute Gasteiger partial charge is 0.322 e.